The van der Waals surface area contributed by atoms with Crippen LogP contribution in [0.15, 0.2) is 18.2 Å². The number of likely N-dealkylation sites (tertiary alicyclic amines) is 1. The molecule has 4 nitrogen and oxygen atoms in total. The Kier molecular flexibility index (Phi) is 5.26. The minimum atomic E-state index is -0.438. The predicted molar refractivity (Wildman–Crippen MR) is 81.0 cm³/mol. The van der Waals surface area contributed by atoms with E-state index in [9.17, 15) is 4.79 Å². The van der Waals surface area contributed by atoms with Gasteiger partial charge in [0, 0.05) is 11.7 Å². The van der Waals surface area contributed by atoms with Gasteiger partial charge in [0.2, 0.25) is 0 Å². The van der Waals surface area contributed by atoms with Crippen molar-refractivity contribution in [3.05, 3.63) is 28.8 Å². The maximum atomic E-state index is 12.0. The zero-order chi connectivity index (χ0) is 14.5. The second-order valence-electron chi connectivity index (χ2n) is 5.26. The van der Waals surface area contributed by atoms with Gasteiger partial charge in [0.15, 0.2) is 0 Å². The maximum absolute atomic E-state index is 12.0. The Bertz CT molecular complexity index is 459. The molecule has 2 rings (SSSR count). The highest BCUT2D eigenvalue weighted by Crippen LogP contribution is 2.23. The van der Waals surface area contributed by atoms with Crippen molar-refractivity contribution < 1.29 is 9.53 Å². The SMILES string of the molecule is CN1CCCCC1CCOC(=O)c1c(N)cccc1Cl. The minimum absolute atomic E-state index is 0.270. The number of piperidine rings is 1. The Morgan fingerprint density at radius 2 is 2.30 bits per heavy atom. The topological polar surface area (TPSA) is 55.6 Å². The van der Waals surface area contributed by atoms with Gasteiger partial charge < -0.3 is 15.4 Å². The molecule has 1 aromatic rings. The number of nitrogens with two attached hydrogens (primary N) is 1. The number of anilines is 1. The highest BCUT2D eigenvalue weighted by Gasteiger charge is 2.20. The summed E-state index contributed by atoms with van der Waals surface area (Å²) in [5, 5.41) is 0.338. The highest BCUT2D eigenvalue weighted by molar-refractivity contribution is 6.34. The molecule has 1 unspecified atom stereocenters. The lowest BCUT2D eigenvalue weighted by Gasteiger charge is -2.32. The Morgan fingerprint density at radius 3 is 3.00 bits per heavy atom. The molecule has 0 aromatic heterocycles. The molecule has 0 saturated carbocycles. The Balaban J connectivity index is 1.86. The first-order valence-corrected chi connectivity index (χ1v) is 7.38. The second-order valence-corrected chi connectivity index (χ2v) is 5.67. The molecule has 1 aromatic carbocycles. The van der Waals surface area contributed by atoms with Crippen molar-refractivity contribution in [2.75, 3.05) is 25.9 Å². The van der Waals surface area contributed by atoms with Crippen LogP contribution in [-0.2, 0) is 4.74 Å². The van der Waals surface area contributed by atoms with Crippen molar-refractivity contribution in [3.63, 3.8) is 0 Å². The molecular formula is C15H21ClN2O2. The van der Waals surface area contributed by atoms with Gasteiger partial charge in [-0.25, -0.2) is 4.79 Å². The molecule has 1 aliphatic heterocycles. The van der Waals surface area contributed by atoms with Gasteiger partial charge in [-0.1, -0.05) is 24.1 Å². The summed E-state index contributed by atoms with van der Waals surface area (Å²) in [5.41, 5.74) is 6.39. The fourth-order valence-electron chi connectivity index (χ4n) is 2.62. The molecular weight excluding hydrogens is 276 g/mol. The van der Waals surface area contributed by atoms with Crippen LogP contribution in [0, 0.1) is 0 Å². The van der Waals surface area contributed by atoms with Gasteiger partial charge in [-0.2, -0.15) is 0 Å². The molecule has 2 N–H and O–H groups in total. The molecule has 110 valence electrons. The molecule has 0 bridgehead atoms. The van der Waals surface area contributed by atoms with Crippen LogP contribution in [0.3, 0.4) is 0 Å². The number of carbonyl (C=O) groups excluding carboxylic acids is 1. The third kappa shape index (κ3) is 3.64. The van der Waals surface area contributed by atoms with Crippen molar-refractivity contribution >= 4 is 23.3 Å². The molecule has 5 heteroatoms. The van der Waals surface area contributed by atoms with Gasteiger partial charge in [0.25, 0.3) is 0 Å². The second kappa shape index (κ2) is 6.95. The van der Waals surface area contributed by atoms with E-state index in [-0.39, 0.29) is 5.56 Å². The standard InChI is InChI=1S/C15H21ClN2O2/c1-18-9-3-2-5-11(18)8-10-20-15(19)14-12(16)6-4-7-13(14)17/h4,6-7,11H,2-3,5,8-10,17H2,1H3. The first kappa shape index (κ1) is 15.1. The first-order valence-electron chi connectivity index (χ1n) is 7.01. The quantitative estimate of drug-likeness (QED) is 0.685. The number of ether oxygens (including phenoxy) is 1. The van der Waals surface area contributed by atoms with E-state index in [1.807, 2.05) is 0 Å². The first-order chi connectivity index (χ1) is 9.59. The number of carbonyl (C=O) groups is 1. The molecule has 0 radical (unpaired) electrons. The Morgan fingerprint density at radius 1 is 1.50 bits per heavy atom. The third-order valence-corrected chi connectivity index (χ3v) is 4.17. The molecule has 0 spiro atoms. The van der Waals surface area contributed by atoms with E-state index >= 15 is 0 Å². The summed E-state index contributed by atoms with van der Waals surface area (Å²) in [6.45, 7) is 1.52. The molecule has 0 amide bonds. The number of esters is 1. The molecule has 1 aliphatic rings. The van der Waals surface area contributed by atoms with E-state index in [1.165, 1.54) is 19.3 Å². The molecule has 0 aliphatic carbocycles. The molecule has 1 heterocycles. The van der Waals surface area contributed by atoms with Gasteiger partial charge in [-0.05, 0) is 45.0 Å². The van der Waals surface area contributed by atoms with Crippen molar-refractivity contribution in [2.45, 2.75) is 31.7 Å². The average Bonchev–Trinajstić information content (AvgIpc) is 2.41. The lowest BCUT2D eigenvalue weighted by molar-refractivity contribution is 0.0451. The van der Waals surface area contributed by atoms with Crippen molar-refractivity contribution in [3.8, 4) is 0 Å². The molecule has 1 atom stereocenters. The lowest BCUT2D eigenvalue weighted by atomic mass is 10.0. The molecule has 20 heavy (non-hydrogen) atoms. The van der Waals surface area contributed by atoms with Gasteiger partial charge in [0.05, 0.1) is 11.6 Å². The van der Waals surface area contributed by atoms with Crippen LogP contribution in [0.5, 0.6) is 0 Å². The van der Waals surface area contributed by atoms with Crippen molar-refractivity contribution in [1.82, 2.24) is 4.90 Å². The van der Waals surface area contributed by atoms with E-state index in [0.717, 1.165) is 13.0 Å². The average molecular weight is 297 g/mol. The lowest BCUT2D eigenvalue weighted by Crippen LogP contribution is -2.37. The highest BCUT2D eigenvalue weighted by atomic mass is 35.5. The summed E-state index contributed by atoms with van der Waals surface area (Å²) in [4.78, 5) is 14.3. The minimum Gasteiger partial charge on any atom is -0.462 e. The van der Waals surface area contributed by atoms with Crippen molar-refractivity contribution in [2.24, 2.45) is 0 Å². The van der Waals surface area contributed by atoms with Crippen LogP contribution >= 0.6 is 11.6 Å². The monoisotopic (exact) mass is 296 g/mol. The van der Waals surface area contributed by atoms with E-state index in [4.69, 9.17) is 22.1 Å². The number of rotatable bonds is 4. The van der Waals surface area contributed by atoms with Crippen LogP contribution in [0.4, 0.5) is 5.69 Å². The van der Waals surface area contributed by atoms with Crippen LogP contribution in [-0.4, -0.2) is 37.1 Å². The molecule has 1 saturated heterocycles. The van der Waals surface area contributed by atoms with E-state index in [2.05, 4.69) is 11.9 Å². The smallest absolute Gasteiger partial charge is 0.341 e. The van der Waals surface area contributed by atoms with E-state index in [0.29, 0.717) is 23.4 Å². The Labute approximate surface area is 124 Å². The summed E-state index contributed by atoms with van der Waals surface area (Å²) in [6.07, 6.45) is 4.53. The van der Waals surface area contributed by atoms with Crippen LogP contribution in [0.2, 0.25) is 5.02 Å². The van der Waals surface area contributed by atoms with Crippen LogP contribution < -0.4 is 5.73 Å². The fourth-order valence-corrected chi connectivity index (χ4v) is 2.88. The van der Waals surface area contributed by atoms with Gasteiger partial charge in [-0.3, -0.25) is 0 Å². The summed E-state index contributed by atoms with van der Waals surface area (Å²) in [5.74, 6) is -0.438. The number of nitrogens with zero attached hydrogens (tertiary/aromatic N) is 1. The van der Waals surface area contributed by atoms with E-state index < -0.39 is 5.97 Å². The van der Waals surface area contributed by atoms with Gasteiger partial charge in [-0.15, -0.1) is 0 Å². The fraction of sp³-hybridized carbons (Fsp3) is 0.533. The van der Waals surface area contributed by atoms with Crippen molar-refractivity contribution in [1.29, 1.82) is 0 Å². The molecule has 1 fully saturated rings. The zero-order valence-electron chi connectivity index (χ0n) is 11.8. The predicted octanol–water partition coefficient (Wildman–Crippen LogP) is 2.95. The number of hydrogen-bond donors (Lipinski definition) is 1. The zero-order valence-corrected chi connectivity index (χ0v) is 12.5. The normalized spacial score (nSPS) is 19.8. The summed E-state index contributed by atoms with van der Waals surface area (Å²) < 4.78 is 5.31. The van der Waals surface area contributed by atoms with E-state index in [1.54, 1.807) is 18.2 Å². The Hall–Kier alpha value is -1.26. The van der Waals surface area contributed by atoms with Crippen LogP contribution in [0.25, 0.3) is 0 Å². The third-order valence-electron chi connectivity index (χ3n) is 3.86. The van der Waals surface area contributed by atoms with Crippen LogP contribution in [0.1, 0.15) is 36.0 Å². The summed E-state index contributed by atoms with van der Waals surface area (Å²) in [6, 6.07) is 5.51. The summed E-state index contributed by atoms with van der Waals surface area (Å²) in [7, 11) is 2.12. The number of halogens is 1. The van der Waals surface area contributed by atoms with Gasteiger partial charge in [0.1, 0.15) is 5.56 Å². The van der Waals surface area contributed by atoms with Gasteiger partial charge >= 0.3 is 5.97 Å². The summed E-state index contributed by atoms with van der Waals surface area (Å²) >= 11 is 5.99. The number of benzene rings is 1. The largest absolute Gasteiger partial charge is 0.462 e. The number of hydrogen-bond acceptors (Lipinski definition) is 4. The maximum Gasteiger partial charge on any atom is 0.341 e. The number of nitrogen functional groups attached to an aromatic ring is 1.